The van der Waals surface area contributed by atoms with Crippen LogP contribution in [0.1, 0.15) is 5.69 Å². The van der Waals surface area contributed by atoms with E-state index in [1.54, 1.807) is 12.4 Å². The van der Waals surface area contributed by atoms with E-state index in [9.17, 15) is 4.79 Å². The molecule has 0 fully saturated rings. The fourth-order valence-corrected chi connectivity index (χ4v) is 3.51. The van der Waals surface area contributed by atoms with Gasteiger partial charge in [0.2, 0.25) is 0 Å². The highest BCUT2D eigenvalue weighted by Gasteiger charge is 2.16. The first-order valence-electron chi connectivity index (χ1n) is 9.03. The average Bonchev–Trinajstić information content (AvgIpc) is 3.34. The topological polar surface area (TPSA) is 82.6 Å². The molecule has 1 N–H and O–H groups in total. The molecule has 1 aliphatic heterocycles. The van der Waals surface area contributed by atoms with Crippen molar-refractivity contribution >= 4 is 35.6 Å². The van der Waals surface area contributed by atoms with Crippen LogP contribution in [0.4, 0.5) is 0 Å². The minimum Gasteiger partial charge on any atom is -0.328 e. The molecule has 0 amide bonds. The molecule has 0 atom stereocenters. The standard InChI is InChI=1S/C19H19N7O.2ClH/c27-19-16-4-2-1-3-14(16)12-22-26(19)10-9-24-7-6-21-18(24)17-11-15-13-20-5-8-25(15)23-17;;/h1-4,6-7,11-12,20H,5,8-10,13H2;2*1H. The number of hydrogen-bond donors (Lipinski definition) is 1. The van der Waals surface area contributed by atoms with Crippen molar-refractivity contribution in [2.75, 3.05) is 6.54 Å². The molecule has 0 saturated heterocycles. The molecule has 29 heavy (non-hydrogen) atoms. The Hall–Kier alpha value is -2.68. The quantitative estimate of drug-likeness (QED) is 0.532. The van der Waals surface area contributed by atoms with E-state index in [0.29, 0.717) is 18.5 Å². The molecular weight excluding hydrogens is 413 g/mol. The summed E-state index contributed by atoms with van der Waals surface area (Å²) in [4.78, 5) is 17.1. The fraction of sp³-hybridized carbons (Fsp3) is 0.263. The Balaban J connectivity index is 0.00000120. The zero-order valence-corrected chi connectivity index (χ0v) is 17.2. The van der Waals surface area contributed by atoms with Crippen LogP contribution in [-0.2, 0) is 26.2 Å². The highest BCUT2D eigenvalue weighted by atomic mass is 35.5. The number of halogens is 2. The van der Waals surface area contributed by atoms with Crippen LogP contribution in [0.3, 0.4) is 0 Å². The zero-order chi connectivity index (χ0) is 18.2. The van der Waals surface area contributed by atoms with Gasteiger partial charge in [0.25, 0.3) is 5.56 Å². The minimum atomic E-state index is -0.0710. The Labute approximate surface area is 179 Å². The Morgan fingerprint density at radius 3 is 2.86 bits per heavy atom. The Kier molecular flexibility index (Phi) is 6.36. The van der Waals surface area contributed by atoms with E-state index in [1.165, 1.54) is 10.4 Å². The summed E-state index contributed by atoms with van der Waals surface area (Å²) < 4.78 is 5.56. The lowest BCUT2D eigenvalue weighted by Gasteiger charge is -2.13. The van der Waals surface area contributed by atoms with E-state index in [0.717, 1.165) is 36.5 Å². The van der Waals surface area contributed by atoms with Gasteiger partial charge in [0.15, 0.2) is 5.82 Å². The maximum atomic E-state index is 12.6. The monoisotopic (exact) mass is 433 g/mol. The molecule has 1 aliphatic rings. The van der Waals surface area contributed by atoms with Crippen LogP contribution in [0.25, 0.3) is 22.3 Å². The van der Waals surface area contributed by atoms with Crippen molar-refractivity contribution in [2.45, 2.75) is 26.2 Å². The van der Waals surface area contributed by atoms with Gasteiger partial charge in [-0.05, 0) is 12.1 Å². The fourth-order valence-electron chi connectivity index (χ4n) is 3.51. The molecule has 0 bridgehead atoms. The van der Waals surface area contributed by atoms with E-state index in [-0.39, 0.29) is 30.4 Å². The molecule has 3 aromatic heterocycles. The number of imidazole rings is 1. The second-order valence-electron chi connectivity index (χ2n) is 6.63. The maximum absolute atomic E-state index is 12.6. The van der Waals surface area contributed by atoms with Gasteiger partial charge in [-0.1, -0.05) is 18.2 Å². The summed E-state index contributed by atoms with van der Waals surface area (Å²) in [5.41, 5.74) is 1.95. The first kappa shape index (κ1) is 21.0. The van der Waals surface area contributed by atoms with E-state index >= 15 is 0 Å². The summed E-state index contributed by atoms with van der Waals surface area (Å²) in [6, 6.07) is 9.59. The van der Waals surface area contributed by atoms with Gasteiger partial charge in [0.1, 0.15) is 5.69 Å². The number of hydrogen-bond acceptors (Lipinski definition) is 5. The van der Waals surface area contributed by atoms with Crippen LogP contribution < -0.4 is 10.9 Å². The SMILES string of the molecule is Cl.Cl.O=c1c2ccccc2cnn1CCn1ccnc1-c1cc2n(n1)CCNC2. The molecular formula is C19H21Cl2N7O. The van der Waals surface area contributed by atoms with E-state index in [2.05, 4.69) is 26.6 Å². The summed E-state index contributed by atoms with van der Waals surface area (Å²) in [6.07, 6.45) is 5.42. The van der Waals surface area contributed by atoms with Gasteiger partial charge in [-0.25, -0.2) is 9.67 Å². The Morgan fingerprint density at radius 1 is 1.14 bits per heavy atom. The van der Waals surface area contributed by atoms with Crippen molar-refractivity contribution in [1.29, 1.82) is 0 Å². The molecule has 4 aromatic rings. The van der Waals surface area contributed by atoms with Crippen LogP contribution in [0.2, 0.25) is 0 Å². The third kappa shape index (κ3) is 3.91. The lowest BCUT2D eigenvalue weighted by atomic mass is 10.2. The molecule has 0 spiro atoms. The van der Waals surface area contributed by atoms with Crippen LogP contribution in [0, 0.1) is 0 Å². The van der Waals surface area contributed by atoms with Gasteiger partial charge in [-0.15, -0.1) is 24.8 Å². The van der Waals surface area contributed by atoms with Crippen molar-refractivity contribution in [3.8, 4) is 11.5 Å². The van der Waals surface area contributed by atoms with Gasteiger partial charge >= 0.3 is 0 Å². The summed E-state index contributed by atoms with van der Waals surface area (Å²) >= 11 is 0. The Bertz CT molecular complexity index is 1160. The normalized spacial score (nSPS) is 12.8. The molecule has 5 rings (SSSR count). The van der Waals surface area contributed by atoms with E-state index < -0.39 is 0 Å². The minimum absolute atomic E-state index is 0. The van der Waals surface area contributed by atoms with E-state index in [4.69, 9.17) is 0 Å². The molecule has 0 radical (unpaired) electrons. The van der Waals surface area contributed by atoms with Crippen molar-refractivity contribution in [3.63, 3.8) is 0 Å². The van der Waals surface area contributed by atoms with Crippen LogP contribution >= 0.6 is 24.8 Å². The first-order valence-corrected chi connectivity index (χ1v) is 9.03. The van der Waals surface area contributed by atoms with Crippen molar-refractivity contribution in [1.82, 2.24) is 34.4 Å². The third-order valence-corrected chi connectivity index (χ3v) is 4.93. The lowest BCUT2D eigenvalue weighted by Crippen LogP contribution is -2.28. The van der Waals surface area contributed by atoms with E-state index in [1.807, 2.05) is 39.7 Å². The predicted octanol–water partition coefficient (Wildman–Crippen LogP) is 2.10. The molecule has 10 heteroatoms. The summed E-state index contributed by atoms with van der Waals surface area (Å²) in [7, 11) is 0. The number of aryl methyl sites for hydroxylation is 2. The molecule has 8 nitrogen and oxygen atoms in total. The zero-order valence-electron chi connectivity index (χ0n) is 15.6. The number of benzene rings is 1. The van der Waals surface area contributed by atoms with Crippen LogP contribution in [0.15, 0.2) is 53.7 Å². The maximum Gasteiger partial charge on any atom is 0.274 e. The predicted molar refractivity (Wildman–Crippen MR) is 116 cm³/mol. The number of fused-ring (bicyclic) bond motifs is 2. The molecule has 0 saturated carbocycles. The number of nitrogens with zero attached hydrogens (tertiary/aromatic N) is 6. The highest BCUT2D eigenvalue weighted by Crippen LogP contribution is 2.19. The van der Waals surface area contributed by atoms with Gasteiger partial charge in [0.05, 0.1) is 30.4 Å². The van der Waals surface area contributed by atoms with Gasteiger partial charge in [0, 0.05) is 37.4 Å². The third-order valence-electron chi connectivity index (χ3n) is 4.93. The first-order chi connectivity index (χ1) is 13.3. The van der Waals surface area contributed by atoms with Crippen molar-refractivity contribution in [2.24, 2.45) is 0 Å². The van der Waals surface area contributed by atoms with Crippen molar-refractivity contribution < 1.29 is 0 Å². The summed E-state index contributed by atoms with van der Waals surface area (Å²) in [5, 5.41) is 13.9. The molecule has 0 aliphatic carbocycles. The van der Waals surface area contributed by atoms with Crippen molar-refractivity contribution in [3.05, 3.63) is 65.0 Å². The molecule has 0 unspecified atom stereocenters. The van der Waals surface area contributed by atoms with Gasteiger partial charge in [-0.2, -0.15) is 10.2 Å². The highest BCUT2D eigenvalue weighted by molar-refractivity contribution is 5.85. The smallest absolute Gasteiger partial charge is 0.274 e. The average molecular weight is 434 g/mol. The number of nitrogens with one attached hydrogen (secondary N) is 1. The van der Waals surface area contributed by atoms with Crippen LogP contribution in [-0.4, -0.2) is 35.7 Å². The lowest BCUT2D eigenvalue weighted by molar-refractivity contribution is 0.475. The molecule has 1 aromatic carbocycles. The number of rotatable bonds is 4. The largest absolute Gasteiger partial charge is 0.328 e. The summed E-state index contributed by atoms with van der Waals surface area (Å²) in [5.74, 6) is 0.811. The number of aromatic nitrogens is 6. The summed E-state index contributed by atoms with van der Waals surface area (Å²) in [6.45, 7) is 3.69. The second kappa shape index (κ2) is 8.77. The molecule has 152 valence electrons. The molecule has 4 heterocycles. The van der Waals surface area contributed by atoms with Gasteiger partial charge in [-0.3, -0.25) is 9.48 Å². The van der Waals surface area contributed by atoms with Gasteiger partial charge < -0.3 is 9.88 Å². The van der Waals surface area contributed by atoms with Crippen LogP contribution in [0.5, 0.6) is 0 Å². The second-order valence-corrected chi connectivity index (χ2v) is 6.63. The Morgan fingerprint density at radius 2 is 2.00 bits per heavy atom.